The first kappa shape index (κ1) is 14.0. The zero-order chi connectivity index (χ0) is 14.5. The molecule has 0 aliphatic rings. The van der Waals surface area contributed by atoms with Gasteiger partial charge in [-0.2, -0.15) is 4.98 Å². The van der Waals surface area contributed by atoms with E-state index in [-0.39, 0.29) is 12.2 Å². The average molecular weight is 276 g/mol. The Morgan fingerprint density at radius 1 is 1.35 bits per heavy atom. The summed E-state index contributed by atoms with van der Waals surface area (Å²) in [6.07, 6.45) is 1.94. The summed E-state index contributed by atoms with van der Waals surface area (Å²) in [5.74, 6) is 0.253. The Balaban J connectivity index is 2.16. The van der Waals surface area contributed by atoms with Crippen LogP contribution < -0.4 is 0 Å². The number of unbranched alkanes of at least 4 members (excludes halogenated alkanes) is 1. The third-order valence-corrected chi connectivity index (χ3v) is 2.99. The van der Waals surface area contributed by atoms with Gasteiger partial charge in [-0.1, -0.05) is 17.3 Å². The third-order valence-electron chi connectivity index (χ3n) is 2.99. The summed E-state index contributed by atoms with van der Waals surface area (Å²) in [6, 6.07) is 5.14. The van der Waals surface area contributed by atoms with Gasteiger partial charge in [-0.15, -0.1) is 0 Å². The summed E-state index contributed by atoms with van der Waals surface area (Å²) in [7, 11) is 0. The Bertz CT molecular complexity index is 607. The SMILES string of the molecule is Cc1nc(-c2cccc(O)c2CCCCC(=O)O)no1. The van der Waals surface area contributed by atoms with Gasteiger partial charge in [0.15, 0.2) is 0 Å². The lowest BCUT2D eigenvalue weighted by Gasteiger charge is -2.08. The van der Waals surface area contributed by atoms with Crippen LogP contribution in [-0.2, 0) is 11.2 Å². The van der Waals surface area contributed by atoms with Crippen molar-refractivity contribution in [1.29, 1.82) is 0 Å². The molecule has 0 aliphatic carbocycles. The minimum atomic E-state index is -0.809. The molecule has 2 N–H and O–H groups in total. The molecule has 0 amide bonds. The number of carboxylic acid groups (broad SMARTS) is 1. The second-order valence-corrected chi connectivity index (χ2v) is 4.54. The minimum absolute atomic E-state index is 0.129. The van der Waals surface area contributed by atoms with E-state index in [1.54, 1.807) is 19.1 Å². The topological polar surface area (TPSA) is 96.5 Å². The quantitative estimate of drug-likeness (QED) is 0.787. The van der Waals surface area contributed by atoms with Crippen molar-refractivity contribution in [3.05, 3.63) is 29.7 Å². The van der Waals surface area contributed by atoms with E-state index in [4.69, 9.17) is 9.63 Å². The lowest BCUT2D eigenvalue weighted by atomic mass is 9.99. The first-order valence-electron chi connectivity index (χ1n) is 6.41. The molecule has 2 aromatic rings. The Hall–Kier alpha value is -2.37. The van der Waals surface area contributed by atoms with Gasteiger partial charge in [-0.05, 0) is 25.3 Å². The molecule has 6 nitrogen and oxygen atoms in total. The van der Waals surface area contributed by atoms with E-state index >= 15 is 0 Å². The molecule has 2 rings (SSSR count). The molecule has 0 unspecified atom stereocenters. The van der Waals surface area contributed by atoms with Crippen molar-refractivity contribution >= 4 is 5.97 Å². The minimum Gasteiger partial charge on any atom is -0.508 e. The number of phenols is 1. The van der Waals surface area contributed by atoms with Crippen molar-refractivity contribution in [1.82, 2.24) is 10.1 Å². The number of nitrogens with zero attached hydrogens (tertiary/aromatic N) is 2. The molecular weight excluding hydrogens is 260 g/mol. The number of aryl methyl sites for hydroxylation is 1. The van der Waals surface area contributed by atoms with Crippen LogP contribution in [0.15, 0.2) is 22.7 Å². The maximum Gasteiger partial charge on any atom is 0.303 e. The van der Waals surface area contributed by atoms with Crippen LogP contribution in [0.25, 0.3) is 11.4 Å². The zero-order valence-electron chi connectivity index (χ0n) is 11.2. The zero-order valence-corrected chi connectivity index (χ0v) is 11.2. The molecule has 0 saturated carbocycles. The Morgan fingerprint density at radius 3 is 2.80 bits per heavy atom. The van der Waals surface area contributed by atoms with Gasteiger partial charge < -0.3 is 14.7 Å². The molecule has 106 valence electrons. The third kappa shape index (κ3) is 3.34. The Kier molecular flexibility index (Phi) is 4.34. The Labute approximate surface area is 116 Å². The van der Waals surface area contributed by atoms with Crippen LogP contribution in [0.1, 0.15) is 30.7 Å². The smallest absolute Gasteiger partial charge is 0.303 e. The lowest BCUT2D eigenvalue weighted by Crippen LogP contribution is -1.97. The molecule has 6 heteroatoms. The maximum absolute atomic E-state index is 10.5. The van der Waals surface area contributed by atoms with Gasteiger partial charge in [0.2, 0.25) is 11.7 Å². The van der Waals surface area contributed by atoms with Crippen LogP contribution in [0.4, 0.5) is 0 Å². The number of hydrogen-bond acceptors (Lipinski definition) is 5. The van der Waals surface area contributed by atoms with E-state index in [2.05, 4.69) is 10.1 Å². The first-order valence-corrected chi connectivity index (χ1v) is 6.41. The van der Waals surface area contributed by atoms with Crippen LogP contribution in [0, 0.1) is 6.92 Å². The monoisotopic (exact) mass is 276 g/mol. The van der Waals surface area contributed by atoms with E-state index in [0.717, 1.165) is 11.1 Å². The summed E-state index contributed by atoms with van der Waals surface area (Å²) in [4.78, 5) is 14.6. The molecule has 0 radical (unpaired) electrons. The predicted octanol–water partition coefficient (Wildman–Crippen LogP) is 2.55. The summed E-state index contributed by atoms with van der Waals surface area (Å²) >= 11 is 0. The largest absolute Gasteiger partial charge is 0.508 e. The molecule has 1 heterocycles. The fourth-order valence-electron chi connectivity index (χ4n) is 2.03. The number of hydrogen-bond donors (Lipinski definition) is 2. The van der Waals surface area contributed by atoms with Crippen molar-refractivity contribution in [2.45, 2.75) is 32.6 Å². The van der Waals surface area contributed by atoms with Crippen molar-refractivity contribution in [3.8, 4) is 17.1 Å². The number of benzene rings is 1. The summed E-state index contributed by atoms with van der Waals surface area (Å²) < 4.78 is 4.95. The number of aliphatic carboxylic acids is 1. The summed E-state index contributed by atoms with van der Waals surface area (Å²) in [6.45, 7) is 1.70. The molecule has 1 aromatic heterocycles. The van der Waals surface area contributed by atoms with E-state index in [9.17, 15) is 9.90 Å². The van der Waals surface area contributed by atoms with Crippen molar-refractivity contribution in [2.75, 3.05) is 0 Å². The second-order valence-electron chi connectivity index (χ2n) is 4.54. The van der Waals surface area contributed by atoms with E-state index < -0.39 is 5.97 Å². The number of rotatable bonds is 6. The van der Waals surface area contributed by atoms with E-state index in [0.29, 0.717) is 31.0 Å². The second kappa shape index (κ2) is 6.18. The van der Waals surface area contributed by atoms with E-state index in [1.807, 2.05) is 6.07 Å². The number of phenolic OH excluding ortho intramolecular Hbond substituents is 1. The first-order chi connectivity index (χ1) is 9.58. The van der Waals surface area contributed by atoms with Crippen LogP contribution >= 0.6 is 0 Å². The maximum atomic E-state index is 10.5. The van der Waals surface area contributed by atoms with Crippen LogP contribution in [-0.4, -0.2) is 26.3 Å². The summed E-state index contributed by atoms with van der Waals surface area (Å²) in [5.41, 5.74) is 1.44. The molecule has 0 fully saturated rings. The highest BCUT2D eigenvalue weighted by Crippen LogP contribution is 2.29. The van der Waals surface area contributed by atoms with Gasteiger partial charge in [-0.25, -0.2) is 0 Å². The summed E-state index contributed by atoms with van der Waals surface area (Å²) in [5, 5.41) is 22.4. The van der Waals surface area contributed by atoms with Gasteiger partial charge >= 0.3 is 5.97 Å². The molecule has 0 atom stereocenters. The fraction of sp³-hybridized carbons (Fsp3) is 0.357. The van der Waals surface area contributed by atoms with Gasteiger partial charge in [0.25, 0.3) is 0 Å². The van der Waals surface area contributed by atoms with Crippen molar-refractivity contribution in [3.63, 3.8) is 0 Å². The average Bonchev–Trinajstić information content (AvgIpc) is 2.82. The number of aromatic nitrogens is 2. The van der Waals surface area contributed by atoms with Crippen molar-refractivity contribution < 1.29 is 19.5 Å². The number of carbonyl (C=O) groups is 1. The molecular formula is C14H16N2O4. The highest BCUT2D eigenvalue weighted by Gasteiger charge is 2.14. The standard InChI is InChI=1S/C14H16N2O4/c1-9-15-14(16-20-9)11-6-4-7-12(17)10(11)5-2-3-8-13(18)19/h4,6-7,17H,2-3,5,8H2,1H3,(H,18,19). The van der Waals surface area contributed by atoms with Crippen LogP contribution in [0.2, 0.25) is 0 Å². The molecule has 0 bridgehead atoms. The fourth-order valence-corrected chi connectivity index (χ4v) is 2.03. The molecule has 0 spiro atoms. The normalized spacial score (nSPS) is 10.7. The van der Waals surface area contributed by atoms with Crippen LogP contribution in [0.5, 0.6) is 5.75 Å². The van der Waals surface area contributed by atoms with Crippen molar-refractivity contribution in [2.24, 2.45) is 0 Å². The van der Waals surface area contributed by atoms with Crippen LogP contribution in [0.3, 0.4) is 0 Å². The molecule has 1 aromatic carbocycles. The van der Waals surface area contributed by atoms with Gasteiger partial charge in [0.1, 0.15) is 5.75 Å². The van der Waals surface area contributed by atoms with Gasteiger partial charge in [0, 0.05) is 24.5 Å². The van der Waals surface area contributed by atoms with Gasteiger partial charge in [0.05, 0.1) is 0 Å². The Morgan fingerprint density at radius 2 is 2.15 bits per heavy atom. The molecule has 0 saturated heterocycles. The number of aromatic hydroxyl groups is 1. The highest BCUT2D eigenvalue weighted by molar-refractivity contribution is 5.66. The van der Waals surface area contributed by atoms with E-state index in [1.165, 1.54) is 0 Å². The van der Waals surface area contributed by atoms with Gasteiger partial charge in [-0.3, -0.25) is 4.79 Å². The predicted molar refractivity (Wildman–Crippen MR) is 71.3 cm³/mol. The number of carboxylic acids is 1. The molecule has 0 aliphatic heterocycles. The highest BCUT2D eigenvalue weighted by atomic mass is 16.5. The molecule has 20 heavy (non-hydrogen) atoms. The lowest BCUT2D eigenvalue weighted by molar-refractivity contribution is -0.137.